The number of nitrogens with one attached hydrogen (secondary N) is 1. The Morgan fingerprint density at radius 1 is 1.41 bits per heavy atom. The van der Waals surface area contributed by atoms with Crippen LogP contribution in [0, 0.1) is 18.8 Å². The molecule has 4 N–H and O–H groups in total. The summed E-state index contributed by atoms with van der Waals surface area (Å²) in [5.41, 5.74) is 5.92. The normalized spacial score (nSPS) is 22.2. The lowest BCUT2D eigenvalue weighted by Gasteiger charge is -2.45. The summed E-state index contributed by atoms with van der Waals surface area (Å²) in [6.45, 7) is 12.2. The number of aryl methyl sites for hydroxylation is 1. The summed E-state index contributed by atoms with van der Waals surface area (Å²) in [6.07, 6.45) is 2.55. The highest BCUT2D eigenvalue weighted by atomic mass is 35.5. The van der Waals surface area contributed by atoms with Gasteiger partial charge in [0.2, 0.25) is 11.9 Å². The van der Waals surface area contributed by atoms with Gasteiger partial charge < -0.3 is 26.0 Å². The van der Waals surface area contributed by atoms with Gasteiger partial charge in [-0.2, -0.15) is 4.98 Å². The molecule has 0 spiro atoms. The van der Waals surface area contributed by atoms with Crippen molar-refractivity contribution in [2.45, 2.75) is 65.7 Å². The van der Waals surface area contributed by atoms with Gasteiger partial charge in [-0.1, -0.05) is 24.6 Å². The van der Waals surface area contributed by atoms with Gasteiger partial charge in [-0.15, -0.1) is 0 Å². The van der Waals surface area contributed by atoms with Crippen LogP contribution in [0.1, 0.15) is 53.0 Å². The van der Waals surface area contributed by atoms with E-state index in [0.717, 1.165) is 11.3 Å². The zero-order valence-corrected chi connectivity index (χ0v) is 23.4. The Hall–Kier alpha value is -2.49. The molecule has 204 valence electrons. The summed E-state index contributed by atoms with van der Waals surface area (Å²) in [5.74, 6) is 0.341. The predicted octanol–water partition coefficient (Wildman–Crippen LogP) is 4.85. The van der Waals surface area contributed by atoms with Crippen LogP contribution in [0.5, 0.6) is 0 Å². The fourth-order valence-electron chi connectivity index (χ4n) is 4.71. The molecule has 1 aliphatic heterocycles. The number of rotatable bonds is 9. The Bertz CT molecular complexity index is 1110. The summed E-state index contributed by atoms with van der Waals surface area (Å²) < 4.78 is 15.4. The molecule has 0 radical (unpaired) electrons. The van der Waals surface area contributed by atoms with Gasteiger partial charge in [-0.3, -0.25) is 4.79 Å². The topological polar surface area (TPSA) is 108 Å². The van der Waals surface area contributed by atoms with Crippen LogP contribution in [0.4, 0.5) is 27.5 Å². The largest absolute Gasteiger partial charge is 0.390 e. The Labute approximate surface area is 224 Å². The summed E-state index contributed by atoms with van der Waals surface area (Å²) in [6, 6.07) is 5.67. The summed E-state index contributed by atoms with van der Waals surface area (Å²) in [7, 11) is 0. The first-order chi connectivity index (χ1) is 17.2. The lowest BCUT2D eigenvalue weighted by molar-refractivity contribution is -0.116. The zero-order chi connectivity index (χ0) is 27.5. The number of halogens is 2. The molecule has 2 aromatic rings. The smallest absolute Gasteiger partial charge is 0.227 e. The zero-order valence-electron chi connectivity index (χ0n) is 22.7. The van der Waals surface area contributed by atoms with Crippen molar-refractivity contribution in [3.8, 4) is 0 Å². The summed E-state index contributed by atoms with van der Waals surface area (Å²) >= 11 is 6.45. The van der Waals surface area contributed by atoms with Crippen molar-refractivity contribution in [1.29, 1.82) is 0 Å². The number of aromatic nitrogens is 2. The fourth-order valence-corrected chi connectivity index (χ4v) is 4.85. The number of amides is 1. The lowest BCUT2D eigenvalue weighted by Crippen LogP contribution is -2.54. The number of hydrogen-bond acceptors (Lipinski definition) is 7. The molecule has 3 unspecified atom stereocenters. The van der Waals surface area contributed by atoms with E-state index in [1.54, 1.807) is 31.9 Å². The van der Waals surface area contributed by atoms with E-state index in [1.807, 2.05) is 36.9 Å². The van der Waals surface area contributed by atoms with E-state index in [1.165, 1.54) is 6.92 Å². The fraction of sp³-hybridized carbons (Fsp3) is 0.593. The van der Waals surface area contributed by atoms with E-state index in [0.29, 0.717) is 61.5 Å². The van der Waals surface area contributed by atoms with Crippen LogP contribution in [0.15, 0.2) is 24.4 Å². The van der Waals surface area contributed by atoms with Crippen molar-refractivity contribution in [3.05, 3.63) is 35.0 Å². The van der Waals surface area contributed by atoms with Crippen molar-refractivity contribution in [2.24, 2.45) is 17.6 Å². The van der Waals surface area contributed by atoms with E-state index < -0.39 is 11.3 Å². The molecule has 1 amide bonds. The standard InChI is InChI=1S/C27H40ClFN6O2/c1-17-7-8-21(13-23(17)35(19(3)36)12-10-26(4,5)37)32-24-22(28)14-31-25(33-24)34-15-18(2)27(6,29)20(16-34)9-11-30/h7-8,13-14,18,20,37H,9-12,15-16,30H2,1-6H3,(H,31,32,33). The third kappa shape index (κ3) is 7.09. The van der Waals surface area contributed by atoms with E-state index in [2.05, 4.69) is 15.3 Å². The Morgan fingerprint density at radius 2 is 2.11 bits per heavy atom. The average molecular weight is 535 g/mol. The molecule has 1 aromatic heterocycles. The third-order valence-electron chi connectivity index (χ3n) is 7.32. The summed E-state index contributed by atoms with van der Waals surface area (Å²) in [4.78, 5) is 25.2. The molecule has 3 rings (SSSR count). The molecular weight excluding hydrogens is 495 g/mol. The number of carbonyl (C=O) groups is 1. The highest BCUT2D eigenvalue weighted by molar-refractivity contribution is 6.32. The highest BCUT2D eigenvalue weighted by Gasteiger charge is 2.45. The van der Waals surface area contributed by atoms with Crippen molar-refractivity contribution < 1.29 is 14.3 Å². The molecule has 1 fully saturated rings. The molecule has 0 aliphatic carbocycles. The molecule has 1 saturated heterocycles. The molecular formula is C27H40ClFN6O2. The van der Waals surface area contributed by atoms with Crippen LogP contribution in [-0.2, 0) is 4.79 Å². The monoisotopic (exact) mass is 534 g/mol. The van der Waals surface area contributed by atoms with Gasteiger partial charge in [0, 0.05) is 49.8 Å². The maximum Gasteiger partial charge on any atom is 0.227 e. The number of anilines is 4. The van der Waals surface area contributed by atoms with Crippen molar-refractivity contribution in [1.82, 2.24) is 9.97 Å². The molecule has 0 saturated carbocycles. The number of hydrogen-bond donors (Lipinski definition) is 3. The van der Waals surface area contributed by atoms with Crippen LogP contribution in [-0.4, -0.2) is 58.4 Å². The molecule has 10 heteroatoms. The number of nitrogens with two attached hydrogens (primary N) is 1. The van der Waals surface area contributed by atoms with Crippen LogP contribution in [0.2, 0.25) is 5.02 Å². The Kier molecular flexibility index (Phi) is 9.03. The highest BCUT2D eigenvalue weighted by Crippen LogP contribution is 2.39. The molecule has 3 atom stereocenters. The number of nitrogens with zero attached hydrogens (tertiary/aromatic N) is 4. The van der Waals surface area contributed by atoms with Crippen molar-refractivity contribution in [2.75, 3.05) is 41.3 Å². The van der Waals surface area contributed by atoms with E-state index in [4.69, 9.17) is 17.3 Å². The van der Waals surface area contributed by atoms with Crippen molar-refractivity contribution >= 4 is 40.6 Å². The molecule has 2 heterocycles. The van der Waals surface area contributed by atoms with Crippen LogP contribution < -0.4 is 20.9 Å². The molecule has 0 bridgehead atoms. The van der Waals surface area contributed by atoms with Gasteiger partial charge in [-0.05, 0) is 64.8 Å². The average Bonchev–Trinajstić information content (AvgIpc) is 2.79. The van der Waals surface area contributed by atoms with E-state index in [-0.39, 0.29) is 17.7 Å². The van der Waals surface area contributed by atoms with Gasteiger partial charge in [0.1, 0.15) is 10.7 Å². The first-order valence-corrected chi connectivity index (χ1v) is 13.2. The first kappa shape index (κ1) is 29.1. The summed E-state index contributed by atoms with van der Waals surface area (Å²) in [5, 5.41) is 13.8. The van der Waals surface area contributed by atoms with Gasteiger partial charge in [-0.25, -0.2) is 9.37 Å². The predicted molar refractivity (Wildman–Crippen MR) is 148 cm³/mol. The number of benzene rings is 1. The van der Waals surface area contributed by atoms with Gasteiger partial charge in [0.05, 0.1) is 11.8 Å². The van der Waals surface area contributed by atoms with Gasteiger partial charge in [0.15, 0.2) is 5.82 Å². The maximum atomic E-state index is 15.4. The molecule has 1 aliphatic rings. The van der Waals surface area contributed by atoms with Crippen LogP contribution in [0.25, 0.3) is 0 Å². The number of carbonyl (C=O) groups excluding carboxylic acids is 1. The SMILES string of the molecule is CC(=O)N(CCC(C)(C)O)c1cc(Nc2nc(N3CC(C)C(C)(F)C(CCN)C3)ncc2Cl)ccc1C. The number of alkyl halides is 1. The minimum atomic E-state index is -1.31. The maximum absolute atomic E-state index is 15.4. The van der Waals surface area contributed by atoms with Crippen LogP contribution >= 0.6 is 11.6 Å². The Balaban J connectivity index is 1.87. The molecule has 37 heavy (non-hydrogen) atoms. The van der Waals surface area contributed by atoms with Crippen molar-refractivity contribution in [3.63, 3.8) is 0 Å². The van der Waals surface area contributed by atoms with E-state index >= 15 is 4.39 Å². The number of aliphatic hydroxyl groups is 1. The quantitative estimate of drug-likeness (QED) is 0.422. The molecule has 1 aromatic carbocycles. The lowest BCUT2D eigenvalue weighted by atomic mass is 9.75. The first-order valence-electron chi connectivity index (χ1n) is 12.8. The van der Waals surface area contributed by atoms with E-state index in [9.17, 15) is 9.90 Å². The minimum Gasteiger partial charge on any atom is -0.390 e. The van der Waals surface area contributed by atoms with Gasteiger partial charge >= 0.3 is 0 Å². The number of piperidine rings is 1. The minimum absolute atomic E-state index is 0.113. The second-order valence-electron chi connectivity index (χ2n) is 11.0. The molecule has 8 nitrogen and oxygen atoms in total. The van der Waals surface area contributed by atoms with Gasteiger partial charge in [0.25, 0.3) is 0 Å². The second kappa shape index (κ2) is 11.5. The van der Waals surface area contributed by atoms with Crippen LogP contribution in [0.3, 0.4) is 0 Å². The third-order valence-corrected chi connectivity index (χ3v) is 7.59. The second-order valence-corrected chi connectivity index (χ2v) is 11.4. The Morgan fingerprint density at radius 3 is 2.73 bits per heavy atom.